The molecule has 1 aliphatic rings. The van der Waals surface area contributed by atoms with Gasteiger partial charge in [-0.3, -0.25) is 0 Å². The normalized spacial score (nSPS) is 17.1. The molecule has 0 saturated carbocycles. The highest BCUT2D eigenvalue weighted by molar-refractivity contribution is 5.47. The Bertz CT molecular complexity index is 605. The summed E-state index contributed by atoms with van der Waals surface area (Å²) in [6, 6.07) is 8.48. The van der Waals surface area contributed by atoms with Gasteiger partial charge in [0.05, 0.1) is 0 Å². The van der Waals surface area contributed by atoms with Gasteiger partial charge in [-0.2, -0.15) is 0 Å². The van der Waals surface area contributed by atoms with Crippen LogP contribution in [-0.2, 0) is 12.8 Å². The number of nitrogen functional groups attached to an aromatic ring is 1. The molecule has 3 rings (SSSR count). The van der Waals surface area contributed by atoms with E-state index in [1.54, 1.807) is 0 Å². The number of anilines is 1. The number of hydrogen-bond donors (Lipinski definition) is 1. The van der Waals surface area contributed by atoms with Gasteiger partial charge in [0.1, 0.15) is 11.6 Å². The fraction of sp³-hybridized carbons (Fsp3) is 0.333. The van der Waals surface area contributed by atoms with E-state index in [9.17, 15) is 0 Å². The maximum atomic E-state index is 5.98. The molecule has 3 heteroatoms. The summed E-state index contributed by atoms with van der Waals surface area (Å²) in [6.07, 6.45) is 1.93. The van der Waals surface area contributed by atoms with Gasteiger partial charge >= 0.3 is 0 Å². The Labute approximate surface area is 107 Å². The lowest BCUT2D eigenvalue weighted by atomic mass is 9.77. The van der Waals surface area contributed by atoms with Crippen molar-refractivity contribution in [2.75, 3.05) is 5.73 Å². The minimum atomic E-state index is 0.328. The molecule has 0 saturated heterocycles. The molecule has 18 heavy (non-hydrogen) atoms. The minimum absolute atomic E-state index is 0.328. The minimum Gasteiger partial charge on any atom is -0.383 e. The van der Waals surface area contributed by atoms with Gasteiger partial charge in [0.2, 0.25) is 0 Å². The summed E-state index contributed by atoms with van der Waals surface area (Å²) in [7, 11) is 0. The highest BCUT2D eigenvalue weighted by atomic mass is 15.0. The summed E-state index contributed by atoms with van der Waals surface area (Å²) in [5.74, 6) is 1.84. The fourth-order valence-electron chi connectivity index (χ4n) is 2.59. The molecule has 0 bridgehead atoms. The Morgan fingerprint density at radius 2 is 2.06 bits per heavy atom. The smallest absolute Gasteiger partial charge is 0.138 e. The van der Waals surface area contributed by atoms with Crippen molar-refractivity contribution >= 4 is 5.82 Å². The van der Waals surface area contributed by atoms with E-state index in [4.69, 9.17) is 5.73 Å². The van der Waals surface area contributed by atoms with Gasteiger partial charge < -0.3 is 5.73 Å². The summed E-state index contributed by atoms with van der Waals surface area (Å²) in [5, 5.41) is 0. The molecule has 1 aliphatic carbocycles. The highest BCUT2D eigenvalue weighted by Gasteiger charge is 2.29. The number of aryl methyl sites for hydroxylation is 1. The zero-order chi connectivity index (χ0) is 12.7. The topological polar surface area (TPSA) is 51.8 Å². The standard InChI is InChI=1S/C15H17N3/c1-3-13-9(2)14(16)18-15(17-13)12-8-10-6-4-5-7-11(10)12/h4-7,12H,3,8H2,1-2H3,(H2,16,17,18). The monoisotopic (exact) mass is 239 g/mol. The molecule has 3 nitrogen and oxygen atoms in total. The van der Waals surface area contributed by atoms with Gasteiger partial charge in [-0.15, -0.1) is 0 Å². The van der Waals surface area contributed by atoms with Crippen LogP contribution in [0.4, 0.5) is 5.82 Å². The lowest BCUT2D eigenvalue weighted by Crippen LogP contribution is -2.21. The van der Waals surface area contributed by atoms with Crippen molar-refractivity contribution in [1.82, 2.24) is 9.97 Å². The number of nitrogens with two attached hydrogens (primary N) is 1. The third-order valence-corrected chi connectivity index (χ3v) is 3.80. The Kier molecular flexibility index (Phi) is 2.54. The highest BCUT2D eigenvalue weighted by Crippen LogP contribution is 2.38. The van der Waals surface area contributed by atoms with Crippen LogP contribution in [0.3, 0.4) is 0 Å². The van der Waals surface area contributed by atoms with Crippen LogP contribution in [0.15, 0.2) is 24.3 Å². The number of nitrogens with zero attached hydrogens (tertiary/aromatic N) is 2. The van der Waals surface area contributed by atoms with Crippen molar-refractivity contribution in [2.45, 2.75) is 32.6 Å². The summed E-state index contributed by atoms with van der Waals surface area (Å²) >= 11 is 0. The molecule has 1 unspecified atom stereocenters. The molecule has 0 spiro atoms. The first-order chi connectivity index (χ1) is 8.70. The van der Waals surface area contributed by atoms with E-state index in [0.717, 1.165) is 29.9 Å². The van der Waals surface area contributed by atoms with Gasteiger partial charge in [0.25, 0.3) is 0 Å². The van der Waals surface area contributed by atoms with Gasteiger partial charge in [0, 0.05) is 17.2 Å². The van der Waals surface area contributed by atoms with Crippen LogP contribution in [0.1, 0.15) is 41.1 Å². The second-order valence-electron chi connectivity index (χ2n) is 4.85. The quantitative estimate of drug-likeness (QED) is 0.876. The Hall–Kier alpha value is -1.90. The number of aromatic nitrogens is 2. The van der Waals surface area contributed by atoms with Crippen LogP contribution in [-0.4, -0.2) is 9.97 Å². The largest absolute Gasteiger partial charge is 0.383 e. The second kappa shape index (κ2) is 4.09. The number of rotatable bonds is 2. The maximum Gasteiger partial charge on any atom is 0.138 e. The van der Waals surface area contributed by atoms with Gasteiger partial charge in [-0.1, -0.05) is 31.2 Å². The molecule has 1 heterocycles. The second-order valence-corrected chi connectivity index (χ2v) is 4.85. The predicted octanol–water partition coefficient (Wildman–Crippen LogP) is 2.62. The van der Waals surface area contributed by atoms with E-state index < -0.39 is 0 Å². The SMILES string of the molecule is CCc1nc(C2Cc3ccccc32)nc(N)c1C. The van der Waals surface area contributed by atoms with Crippen molar-refractivity contribution in [3.8, 4) is 0 Å². The van der Waals surface area contributed by atoms with E-state index in [-0.39, 0.29) is 0 Å². The van der Waals surface area contributed by atoms with Gasteiger partial charge in [-0.05, 0) is 30.9 Å². The van der Waals surface area contributed by atoms with Crippen LogP contribution in [0.2, 0.25) is 0 Å². The Balaban J connectivity index is 2.03. The Morgan fingerprint density at radius 1 is 1.28 bits per heavy atom. The summed E-state index contributed by atoms with van der Waals surface area (Å²) in [6.45, 7) is 4.10. The van der Waals surface area contributed by atoms with E-state index in [1.165, 1.54) is 11.1 Å². The predicted molar refractivity (Wildman–Crippen MR) is 72.5 cm³/mol. The third kappa shape index (κ3) is 1.58. The third-order valence-electron chi connectivity index (χ3n) is 3.80. The van der Waals surface area contributed by atoms with E-state index in [1.807, 2.05) is 6.92 Å². The zero-order valence-corrected chi connectivity index (χ0v) is 10.8. The number of hydrogen-bond acceptors (Lipinski definition) is 3. The van der Waals surface area contributed by atoms with Crippen molar-refractivity contribution in [3.05, 3.63) is 52.5 Å². The first-order valence-electron chi connectivity index (χ1n) is 6.41. The van der Waals surface area contributed by atoms with Crippen LogP contribution in [0.25, 0.3) is 0 Å². The number of fused-ring (bicyclic) bond motifs is 1. The molecule has 0 radical (unpaired) electrons. The van der Waals surface area contributed by atoms with E-state index >= 15 is 0 Å². The lowest BCUT2D eigenvalue weighted by molar-refractivity contribution is 0.654. The maximum absolute atomic E-state index is 5.98. The Morgan fingerprint density at radius 3 is 2.78 bits per heavy atom. The van der Waals surface area contributed by atoms with Crippen LogP contribution in [0.5, 0.6) is 0 Å². The van der Waals surface area contributed by atoms with Gasteiger partial charge in [0.15, 0.2) is 0 Å². The molecule has 2 N–H and O–H groups in total. The average molecular weight is 239 g/mol. The first-order valence-corrected chi connectivity index (χ1v) is 6.41. The summed E-state index contributed by atoms with van der Waals surface area (Å²) in [5.41, 5.74) is 10.8. The zero-order valence-electron chi connectivity index (χ0n) is 10.8. The van der Waals surface area contributed by atoms with Crippen molar-refractivity contribution in [2.24, 2.45) is 0 Å². The molecule has 0 amide bonds. The van der Waals surface area contributed by atoms with E-state index in [2.05, 4.69) is 41.2 Å². The molecule has 1 atom stereocenters. The van der Waals surface area contributed by atoms with Crippen LogP contribution >= 0.6 is 0 Å². The summed E-state index contributed by atoms with van der Waals surface area (Å²) < 4.78 is 0. The molecular formula is C15H17N3. The molecular weight excluding hydrogens is 222 g/mol. The average Bonchev–Trinajstić information content (AvgIpc) is 2.35. The molecule has 0 fully saturated rings. The first kappa shape index (κ1) is 11.2. The molecule has 1 aromatic heterocycles. The van der Waals surface area contributed by atoms with E-state index in [0.29, 0.717) is 11.7 Å². The fourth-order valence-corrected chi connectivity index (χ4v) is 2.59. The summed E-state index contributed by atoms with van der Waals surface area (Å²) in [4.78, 5) is 9.15. The number of benzene rings is 1. The van der Waals surface area contributed by atoms with Crippen molar-refractivity contribution < 1.29 is 0 Å². The molecule has 1 aromatic carbocycles. The van der Waals surface area contributed by atoms with Crippen molar-refractivity contribution in [1.29, 1.82) is 0 Å². The lowest BCUT2D eigenvalue weighted by Gasteiger charge is -2.29. The molecule has 92 valence electrons. The van der Waals surface area contributed by atoms with Gasteiger partial charge in [-0.25, -0.2) is 9.97 Å². The molecule has 0 aliphatic heterocycles. The van der Waals surface area contributed by atoms with Crippen LogP contribution in [0, 0.1) is 6.92 Å². The molecule has 2 aromatic rings. The van der Waals surface area contributed by atoms with Crippen molar-refractivity contribution in [3.63, 3.8) is 0 Å². The van der Waals surface area contributed by atoms with Crippen LogP contribution < -0.4 is 5.73 Å².